The topological polar surface area (TPSA) is 54.0 Å². The number of hydrogen-bond donors (Lipinski definition) is 2. The molecule has 0 aliphatic rings. The van der Waals surface area contributed by atoms with E-state index in [1.165, 1.54) is 0 Å². The molecule has 0 rings (SSSR count). The van der Waals surface area contributed by atoms with Crippen molar-refractivity contribution in [3.05, 3.63) is 0 Å². The zero-order valence-corrected chi connectivity index (χ0v) is 13.0. The van der Waals surface area contributed by atoms with Gasteiger partial charge in [0.05, 0.1) is 32.0 Å². The first-order chi connectivity index (χ1) is 9.10. The molecule has 0 fully saturated rings. The van der Waals surface area contributed by atoms with E-state index in [2.05, 4.69) is 24.1 Å². The van der Waals surface area contributed by atoms with Gasteiger partial charge in [-0.2, -0.15) is 0 Å². The highest BCUT2D eigenvalue weighted by atomic mass is 16.5. The lowest BCUT2D eigenvalue weighted by Crippen LogP contribution is -2.36. The molecule has 0 aliphatic heterocycles. The van der Waals surface area contributed by atoms with Gasteiger partial charge in [-0.3, -0.25) is 0 Å². The Balaban J connectivity index is 3.32. The van der Waals surface area contributed by atoms with Gasteiger partial charge in [0.2, 0.25) is 0 Å². The van der Waals surface area contributed by atoms with Gasteiger partial charge in [-0.15, -0.1) is 0 Å². The molecule has 0 bridgehead atoms. The monoisotopic (exact) mass is 276 g/mol. The van der Waals surface area contributed by atoms with Crippen LogP contribution in [0.4, 0.5) is 0 Å². The van der Waals surface area contributed by atoms with E-state index < -0.39 is 6.10 Å². The number of aliphatic hydroxyl groups is 1. The lowest BCUT2D eigenvalue weighted by molar-refractivity contribution is -0.00998. The maximum Gasteiger partial charge on any atom is 0.0897 e. The van der Waals surface area contributed by atoms with E-state index in [0.717, 1.165) is 26.2 Å². The van der Waals surface area contributed by atoms with Crippen molar-refractivity contribution in [3.8, 4) is 0 Å². The average Bonchev–Trinajstić information content (AvgIpc) is 2.38. The van der Waals surface area contributed by atoms with E-state index in [-0.39, 0.29) is 6.10 Å². The Hall–Kier alpha value is -0.200. The van der Waals surface area contributed by atoms with Crippen LogP contribution in [0.15, 0.2) is 0 Å². The summed E-state index contributed by atoms with van der Waals surface area (Å²) in [5, 5.41) is 12.9. The van der Waals surface area contributed by atoms with Crippen molar-refractivity contribution in [2.45, 2.75) is 39.9 Å². The minimum absolute atomic E-state index is 0.232. The molecule has 19 heavy (non-hydrogen) atoms. The zero-order chi connectivity index (χ0) is 14.5. The Morgan fingerprint density at radius 1 is 1.16 bits per heavy atom. The van der Waals surface area contributed by atoms with E-state index in [1.54, 1.807) is 0 Å². The van der Waals surface area contributed by atoms with Gasteiger partial charge in [0.25, 0.3) is 0 Å². The predicted molar refractivity (Wildman–Crippen MR) is 78.6 cm³/mol. The maximum absolute atomic E-state index is 9.70. The van der Waals surface area contributed by atoms with Crippen LogP contribution in [0, 0.1) is 0 Å². The third kappa shape index (κ3) is 12.6. The van der Waals surface area contributed by atoms with Crippen LogP contribution in [0.1, 0.15) is 27.7 Å². The third-order valence-electron chi connectivity index (χ3n) is 2.87. The van der Waals surface area contributed by atoms with Gasteiger partial charge in [-0.25, -0.2) is 0 Å². The van der Waals surface area contributed by atoms with Crippen LogP contribution >= 0.6 is 0 Å². The van der Waals surface area contributed by atoms with Crippen molar-refractivity contribution in [2.75, 3.05) is 52.5 Å². The first-order valence-corrected chi connectivity index (χ1v) is 7.40. The lowest BCUT2D eigenvalue weighted by atomic mass is 10.3. The second-order valence-electron chi connectivity index (χ2n) is 4.88. The fraction of sp³-hybridized carbons (Fsp3) is 1.00. The summed E-state index contributed by atoms with van der Waals surface area (Å²) in [6.07, 6.45) is -0.217. The minimum atomic E-state index is -0.448. The van der Waals surface area contributed by atoms with Crippen molar-refractivity contribution >= 4 is 0 Å². The van der Waals surface area contributed by atoms with Crippen molar-refractivity contribution in [3.63, 3.8) is 0 Å². The van der Waals surface area contributed by atoms with Crippen LogP contribution in [-0.2, 0) is 9.47 Å². The molecule has 5 heteroatoms. The van der Waals surface area contributed by atoms with Gasteiger partial charge in [0.15, 0.2) is 0 Å². The SMILES string of the molecule is CCN(CC)CCNCC(O)COCCOC(C)C. The van der Waals surface area contributed by atoms with Crippen molar-refractivity contribution in [2.24, 2.45) is 0 Å². The van der Waals surface area contributed by atoms with Gasteiger partial charge in [0, 0.05) is 19.6 Å². The van der Waals surface area contributed by atoms with Crippen LogP contribution < -0.4 is 5.32 Å². The molecule has 0 spiro atoms. The first-order valence-electron chi connectivity index (χ1n) is 7.40. The standard InChI is InChI=1S/C14H32N2O3/c1-5-16(6-2)8-7-15-11-14(17)12-18-9-10-19-13(3)4/h13-15,17H,5-12H2,1-4H3. The van der Waals surface area contributed by atoms with Crippen LogP contribution in [0.2, 0.25) is 0 Å². The molecular formula is C14H32N2O3. The molecule has 1 atom stereocenters. The van der Waals surface area contributed by atoms with Crippen LogP contribution in [0.25, 0.3) is 0 Å². The van der Waals surface area contributed by atoms with E-state index >= 15 is 0 Å². The Morgan fingerprint density at radius 2 is 1.84 bits per heavy atom. The lowest BCUT2D eigenvalue weighted by Gasteiger charge is -2.19. The molecule has 5 nitrogen and oxygen atoms in total. The highest BCUT2D eigenvalue weighted by Gasteiger charge is 2.04. The first kappa shape index (κ1) is 18.8. The normalized spacial score (nSPS) is 13.4. The molecule has 0 aromatic heterocycles. The van der Waals surface area contributed by atoms with E-state index in [4.69, 9.17) is 9.47 Å². The summed E-state index contributed by atoms with van der Waals surface area (Å²) in [5.41, 5.74) is 0. The van der Waals surface area contributed by atoms with Gasteiger partial charge in [-0.1, -0.05) is 13.8 Å². The summed E-state index contributed by atoms with van der Waals surface area (Å²) < 4.78 is 10.7. The minimum Gasteiger partial charge on any atom is -0.389 e. The Morgan fingerprint density at radius 3 is 2.42 bits per heavy atom. The van der Waals surface area contributed by atoms with E-state index in [9.17, 15) is 5.11 Å². The molecule has 0 radical (unpaired) electrons. The fourth-order valence-corrected chi connectivity index (χ4v) is 1.67. The summed E-state index contributed by atoms with van der Waals surface area (Å²) >= 11 is 0. The van der Waals surface area contributed by atoms with Crippen molar-refractivity contribution < 1.29 is 14.6 Å². The zero-order valence-electron chi connectivity index (χ0n) is 13.0. The summed E-state index contributed by atoms with van der Waals surface area (Å²) in [7, 11) is 0. The molecule has 1 unspecified atom stereocenters. The Kier molecular flexibility index (Phi) is 12.7. The number of aliphatic hydroxyl groups excluding tert-OH is 1. The fourth-order valence-electron chi connectivity index (χ4n) is 1.67. The molecule has 0 aromatic carbocycles. The van der Waals surface area contributed by atoms with Gasteiger partial charge in [0.1, 0.15) is 0 Å². The quantitative estimate of drug-likeness (QED) is 0.486. The third-order valence-corrected chi connectivity index (χ3v) is 2.87. The number of likely N-dealkylation sites (N-methyl/N-ethyl adjacent to an activating group) is 1. The molecular weight excluding hydrogens is 244 g/mol. The molecule has 0 saturated heterocycles. The van der Waals surface area contributed by atoms with Crippen LogP contribution in [0.5, 0.6) is 0 Å². The number of nitrogens with zero attached hydrogens (tertiary/aromatic N) is 1. The smallest absolute Gasteiger partial charge is 0.0897 e. The van der Waals surface area contributed by atoms with E-state index in [0.29, 0.717) is 26.4 Å². The highest BCUT2D eigenvalue weighted by molar-refractivity contribution is 4.61. The molecule has 0 aliphatic carbocycles. The van der Waals surface area contributed by atoms with Crippen molar-refractivity contribution in [1.29, 1.82) is 0 Å². The largest absolute Gasteiger partial charge is 0.389 e. The Labute approximate surface area is 118 Å². The van der Waals surface area contributed by atoms with Gasteiger partial charge >= 0.3 is 0 Å². The second kappa shape index (κ2) is 12.8. The summed E-state index contributed by atoms with van der Waals surface area (Å²) in [6, 6.07) is 0. The maximum atomic E-state index is 9.70. The summed E-state index contributed by atoms with van der Waals surface area (Å²) in [4.78, 5) is 2.35. The number of nitrogens with one attached hydrogen (secondary N) is 1. The van der Waals surface area contributed by atoms with E-state index in [1.807, 2.05) is 13.8 Å². The average molecular weight is 276 g/mol. The second-order valence-corrected chi connectivity index (χ2v) is 4.88. The highest BCUT2D eigenvalue weighted by Crippen LogP contribution is 1.89. The van der Waals surface area contributed by atoms with Gasteiger partial charge in [-0.05, 0) is 26.9 Å². The number of hydrogen-bond acceptors (Lipinski definition) is 5. The molecule has 2 N–H and O–H groups in total. The summed E-state index contributed by atoms with van der Waals surface area (Å²) in [5.74, 6) is 0. The Bertz CT molecular complexity index is 188. The van der Waals surface area contributed by atoms with Gasteiger partial charge < -0.3 is 24.8 Å². The number of ether oxygens (including phenoxy) is 2. The molecule has 0 saturated carbocycles. The predicted octanol–water partition coefficient (Wildman–Crippen LogP) is 0.720. The molecule has 0 amide bonds. The summed E-state index contributed by atoms with van der Waals surface area (Å²) in [6.45, 7) is 14.4. The van der Waals surface area contributed by atoms with Crippen LogP contribution in [-0.4, -0.2) is 74.8 Å². The molecule has 116 valence electrons. The molecule has 0 aromatic rings. The van der Waals surface area contributed by atoms with Crippen molar-refractivity contribution in [1.82, 2.24) is 10.2 Å². The van der Waals surface area contributed by atoms with Crippen LogP contribution in [0.3, 0.4) is 0 Å². The number of rotatable bonds is 13. The molecule has 0 heterocycles.